The molecule has 0 aliphatic heterocycles. The fourth-order valence-electron chi connectivity index (χ4n) is 1.84. The molecule has 0 aromatic carbocycles. The van der Waals surface area contributed by atoms with Gasteiger partial charge in [-0.15, -0.1) is 5.10 Å². The van der Waals surface area contributed by atoms with Crippen molar-refractivity contribution >= 4 is 6.29 Å². The monoisotopic (exact) mass is 253 g/mol. The number of aliphatic hydroxyl groups excluding tert-OH is 1. The maximum absolute atomic E-state index is 10.9. The second-order valence-corrected chi connectivity index (χ2v) is 5.19. The third-order valence-corrected chi connectivity index (χ3v) is 2.93. The van der Waals surface area contributed by atoms with Crippen molar-refractivity contribution < 1.29 is 9.90 Å². The lowest BCUT2D eigenvalue weighted by molar-refractivity contribution is 0.111. The van der Waals surface area contributed by atoms with Crippen LogP contribution in [-0.2, 0) is 13.0 Å². The summed E-state index contributed by atoms with van der Waals surface area (Å²) in [6.45, 7) is 6.79. The van der Waals surface area contributed by atoms with E-state index in [1.807, 2.05) is 0 Å². The number of hydrogen-bond acceptors (Lipinski definition) is 4. The summed E-state index contributed by atoms with van der Waals surface area (Å²) in [5.41, 5.74) is 1.37. The fraction of sp³-hybridized carbons (Fsp3) is 0.769. The highest BCUT2D eigenvalue weighted by Crippen LogP contribution is 2.12. The molecule has 1 heterocycles. The lowest BCUT2D eigenvalue weighted by Gasteiger charge is -2.09. The Balaban J connectivity index is 2.65. The molecule has 1 N–H and O–H groups in total. The van der Waals surface area contributed by atoms with Crippen LogP contribution in [0, 0.1) is 5.92 Å². The van der Waals surface area contributed by atoms with Gasteiger partial charge in [-0.05, 0) is 38.5 Å². The first-order chi connectivity index (χ1) is 8.54. The molecule has 0 aliphatic rings. The van der Waals surface area contributed by atoms with Crippen molar-refractivity contribution in [3.63, 3.8) is 0 Å². The Bertz CT molecular complexity index is 372. The standard InChI is InChI=1S/C13H23N3O2/c1-10(2)6-7-13-12(9-17)14-15-16(13)8-4-5-11(3)18/h9-11,18H,4-8H2,1-3H3. The van der Waals surface area contributed by atoms with E-state index in [2.05, 4.69) is 24.2 Å². The number of aromatic nitrogens is 3. The molecule has 0 saturated carbocycles. The van der Waals surface area contributed by atoms with Crippen LogP contribution < -0.4 is 0 Å². The van der Waals surface area contributed by atoms with Crippen LogP contribution in [0.1, 0.15) is 56.2 Å². The number of nitrogens with zero attached hydrogens (tertiary/aromatic N) is 3. The van der Waals surface area contributed by atoms with E-state index in [-0.39, 0.29) is 6.10 Å². The van der Waals surface area contributed by atoms with Gasteiger partial charge in [-0.2, -0.15) is 0 Å². The second-order valence-electron chi connectivity index (χ2n) is 5.19. The summed E-state index contributed by atoms with van der Waals surface area (Å²) >= 11 is 0. The largest absolute Gasteiger partial charge is 0.393 e. The predicted molar refractivity (Wildman–Crippen MR) is 69.5 cm³/mol. The molecule has 1 rings (SSSR count). The molecule has 0 radical (unpaired) electrons. The molecular weight excluding hydrogens is 230 g/mol. The van der Waals surface area contributed by atoms with Gasteiger partial charge in [0.1, 0.15) is 5.69 Å². The van der Waals surface area contributed by atoms with Gasteiger partial charge in [0, 0.05) is 6.54 Å². The van der Waals surface area contributed by atoms with Gasteiger partial charge in [-0.3, -0.25) is 4.79 Å². The van der Waals surface area contributed by atoms with Crippen molar-refractivity contribution in [2.75, 3.05) is 0 Å². The van der Waals surface area contributed by atoms with E-state index in [1.165, 1.54) is 0 Å². The van der Waals surface area contributed by atoms with Crippen molar-refractivity contribution in [2.45, 2.75) is 59.1 Å². The molecule has 0 spiro atoms. The molecular formula is C13H23N3O2. The Labute approximate surface area is 108 Å². The highest BCUT2D eigenvalue weighted by Gasteiger charge is 2.12. The first-order valence-corrected chi connectivity index (χ1v) is 6.60. The zero-order chi connectivity index (χ0) is 13.5. The minimum absolute atomic E-state index is 0.293. The number of aliphatic hydroxyl groups is 1. The van der Waals surface area contributed by atoms with Gasteiger partial charge in [0.25, 0.3) is 0 Å². The van der Waals surface area contributed by atoms with Crippen LogP contribution in [0.2, 0.25) is 0 Å². The summed E-state index contributed by atoms with van der Waals surface area (Å²) in [4.78, 5) is 10.9. The van der Waals surface area contributed by atoms with E-state index in [0.717, 1.165) is 37.7 Å². The third kappa shape index (κ3) is 4.56. The molecule has 0 amide bonds. The Morgan fingerprint density at radius 2 is 2.06 bits per heavy atom. The van der Waals surface area contributed by atoms with Crippen LogP contribution in [0.4, 0.5) is 0 Å². The van der Waals surface area contributed by atoms with Crippen molar-refractivity contribution in [3.8, 4) is 0 Å². The van der Waals surface area contributed by atoms with Crippen molar-refractivity contribution in [2.24, 2.45) is 5.92 Å². The number of carbonyl (C=O) groups is 1. The maximum atomic E-state index is 10.9. The minimum Gasteiger partial charge on any atom is -0.393 e. The molecule has 0 aliphatic carbocycles. The van der Waals surface area contributed by atoms with E-state index in [1.54, 1.807) is 11.6 Å². The normalized spacial score (nSPS) is 12.9. The number of aryl methyl sites for hydroxylation is 1. The first kappa shape index (κ1) is 14.8. The van der Waals surface area contributed by atoms with Crippen molar-refractivity contribution in [3.05, 3.63) is 11.4 Å². The maximum Gasteiger partial charge on any atom is 0.172 e. The number of rotatable bonds is 8. The van der Waals surface area contributed by atoms with Crippen LogP contribution in [0.5, 0.6) is 0 Å². The Morgan fingerprint density at radius 3 is 2.61 bits per heavy atom. The summed E-state index contributed by atoms with van der Waals surface area (Å²) in [5.74, 6) is 0.588. The van der Waals surface area contributed by atoms with Gasteiger partial charge in [-0.1, -0.05) is 19.1 Å². The molecule has 102 valence electrons. The lowest BCUT2D eigenvalue weighted by atomic mass is 10.1. The van der Waals surface area contributed by atoms with Gasteiger partial charge in [-0.25, -0.2) is 4.68 Å². The summed E-state index contributed by atoms with van der Waals surface area (Å²) in [6, 6.07) is 0. The quantitative estimate of drug-likeness (QED) is 0.718. The Morgan fingerprint density at radius 1 is 1.33 bits per heavy atom. The van der Waals surface area contributed by atoms with Gasteiger partial charge in [0.15, 0.2) is 6.29 Å². The molecule has 1 unspecified atom stereocenters. The van der Waals surface area contributed by atoms with Crippen LogP contribution in [0.15, 0.2) is 0 Å². The van der Waals surface area contributed by atoms with E-state index in [0.29, 0.717) is 18.2 Å². The zero-order valence-corrected chi connectivity index (χ0v) is 11.5. The first-order valence-electron chi connectivity index (χ1n) is 6.60. The van der Waals surface area contributed by atoms with Crippen molar-refractivity contribution in [1.29, 1.82) is 0 Å². The highest BCUT2D eigenvalue weighted by molar-refractivity contribution is 5.73. The summed E-state index contributed by atoms with van der Waals surface area (Å²) in [6.07, 6.45) is 3.90. The van der Waals surface area contributed by atoms with Crippen LogP contribution in [-0.4, -0.2) is 32.5 Å². The molecule has 1 aromatic heterocycles. The lowest BCUT2D eigenvalue weighted by Crippen LogP contribution is -2.10. The number of aldehydes is 1. The molecule has 18 heavy (non-hydrogen) atoms. The minimum atomic E-state index is -0.293. The van der Waals surface area contributed by atoms with E-state index < -0.39 is 0 Å². The van der Waals surface area contributed by atoms with Gasteiger partial charge in [0.05, 0.1) is 11.8 Å². The van der Waals surface area contributed by atoms with Gasteiger partial charge in [0.2, 0.25) is 0 Å². The molecule has 1 aromatic rings. The van der Waals surface area contributed by atoms with E-state index >= 15 is 0 Å². The molecule has 1 atom stereocenters. The van der Waals surface area contributed by atoms with Crippen LogP contribution >= 0.6 is 0 Å². The Kier molecular flexibility index (Phi) is 5.98. The predicted octanol–water partition coefficient (Wildman–Crippen LogP) is 1.84. The summed E-state index contributed by atoms with van der Waals surface area (Å²) in [7, 11) is 0. The second kappa shape index (κ2) is 7.26. The summed E-state index contributed by atoms with van der Waals surface area (Å²) < 4.78 is 1.80. The van der Waals surface area contributed by atoms with Gasteiger partial charge < -0.3 is 5.11 Å². The van der Waals surface area contributed by atoms with Gasteiger partial charge >= 0.3 is 0 Å². The van der Waals surface area contributed by atoms with E-state index in [4.69, 9.17) is 0 Å². The van der Waals surface area contributed by atoms with E-state index in [9.17, 15) is 9.90 Å². The molecule has 5 heteroatoms. The SMILES string of the molecule is CC(C)CCc1c(C=O)nnn1CCCC(C)O. The average molecular weight is 253 g/mol. The van der Waals surface area contributed by atoms with Crippen LogP contribution in [0.25, 0.3) is 0 Å². The zero-order valence-electron chi connectivity index (χ0n) is 11.5. The molecule has 0 bridgehead atoms. The molecule has 0 saturated heterocycles. The summed E-state index contributed by atoms with van der Waals surface area (Å²) in [5, 5.41) is 17.1. The smallest absolute Gasteiger partial charge is 0.172 e. The number of hydrogen-bond donors (Lipinski definition) is 1. The fourth-order valence-corrected chi connectivity index (χ4v) is 1.84. The third-order valence-electron chi connectivity index (χ3n) is 2.93. The molecule has 5 nitrogen and oxygen atoms in total. The number of carbonyl (C=O) groups excluding carboxylic acids is 1. The topological polar surface area (TPSA) is 68.0 Å². The average Bonchev–Trinajstić information content (AvgIpc) is 2.68. The highest BCUT2D eigenvalue weighted by atomic mass is 16.3. The molecule has 0 fully saturated rings. The Hall–Kier alpha value is -1.23. The van der Waals surface area contributed by atoms with Crippen LogP contribution in [0.3, 0.4) is 0 Å². The van der Waals surface area contributed by atoms with Crippen molar-refractivity contribution in [1.82, 2.24) is 15.0 Å².